The third-order valence-electron chi connectivity index (χ3n) is 3.97. The van der Waals surface area contributed by atoms with Crippen molar-refractivity contribution in [1.82, 2.24) is 9.55 Å². The highest BCUT2D eigenvalue weighted by atomic mass is 35.5. The number of hydrogen-bond donors (Lipinski definition) is 1. The second-order valence-corrected chi connectivity index (χ2v) is 6.05. The van der Waals surface area contributed by atoms with Crippen molar-refractivity contribution in [3.05, 3.63) is 52.8 Å². The fraction of sp³-hybridized carbons (Fsp3) is 0.222. The molecule has 6 heteroatoms. The Morgan fingerprint density at radius 2 is 2.08 bits per heavy atom. The van der Waals surface area contributed by atoms with Gasteiger partial charge in [0.15, 0.2) is 0 Å². The molecule has 0 bridgehead atoms. The summed E-state index contributed by atoms with van der Waals surface area (Å²) in [4.78, 5) is 16.8. The predicted octanol–water partition coefficient (Wildman–Crippen LogP) is 3.72. The van der Waals surface area contributed by atoms with Crippen LogP contribution in [0.25, 0.3) is 11.0 Å². The fourth-order valence-corrected chi connectivity index (χ4v) is 2.81. The molecule has 1 aromatic heterocycles. The van der Waals surface area contributed by atoms with Gasteiger partial charge in [-0.15, -0.1) is 0 Å². The number of rotatable bonds is 4. The number of anilines is 1. The first-order valence-corrected chi connectivity index (χ1v) is 7.91. The number of carbonyl (C=O) groups is 1. The Morgan fingerprint density at radius 1 is 1.29 bits per heavy atom. The Labute approximate surface area is 145 Å². The summed E-state index contributed by atoms with van der Waals surface area (Å²) in [5.74, 6) is 1.38. The molecule has 1 heterocycles. The van der Waals surface area contributed by atoms with Gasteiger partial charge in [-0.2, -0.15) is 0 Å². The molecule has 3 rings (SSSR count). The molecular formula is C18H18ClN3O2. The van der Waals surface area contributed by atoms with Crippen molar-refractivity contribution in [3.63, 3.8) is 0 Å². The van der Waals surface area contributed by atoms with E-state index in [1.807, 2.05) is 36.7 Å². The van der Waals surface area contributed by atoms with Crippen LogP contribution in [0.2, 0.25) is 5.02 Å². The number of nitrogens with one attached hydrogen (secondary N) is 1. The van der Waals surface area contributed by atoms with Crippen LogP contribution in [0.15, 0.2) is 36.4 Å². The quantitative estimate of drug-likeness (QED) is 0.785. The van der Waals surface area contributed by atoms with Gasteiger partial charge in [0, 0.05) is 12.1 Å². The van der Waals surface area contributed by atoms with Crippen molar-refractivity contribution in [3.8, 4) is 5.75 Å². The molecule has 0 saturated carbocycles. The molecule has 0 fully saturated rings. The van der Waals surface area contributed by atoms with Crippen molar-refractivity contribution in [1.29, 1.82) is 0 Å². The zero-order valence-electron chi connectivity index (χ0n) is 13.8. The normalized spacial score (nSPS) is 10.8. The van der Waals surface area contributed by atoms with E-state index in [1.165, 1.54) is 0 Å². The van der Waals surface area contributed by atoms with Gasteiger partial charge in [-0.1, -0.05) is 17.7 Å². The van der Waals surface area contributed by atoms with Crippen LogP contribution in [0.5, 0.6) is 5.75 Å². The molecule has 0 aliphatic rings. The van der Waals surface area contributed by atoms with Crippen LogP contribution in [0.1, 0.15) is 11.4 Å². The van der Waals surface area contributed by atoms with Crippen molar-refractivity contribution >= 4 is 34.2 Å². The number of carbonyl (C=O) groups excluding carboxylic acids is 1. The van der Waals surface area contributed by atoms with Gasteiger partial charge in [-0.05, 0) is 42.8 Å². The number of benzene rings is 2. The van der Waals surface area contributed by atoms with Gasteiger partial charge in [0.25, 0.3) is 0 Å². The Kier molecular flexibility index (Phi) is 4.44. The van der Waals surface area contributed by atoms with Gasteiger partial charge in [0.05, 0.1) is 30.3 Å². The molecule has 2 aromatic carbocycles. The zero-order valence-corrected chi connectivity index (χ0v) is 14.5. The maximum Gasteiger partial charge on any atom is 0.228 e. The number of halogens is 1. The number of aryl methyl sites for hydroxylation is 2. The summed E-state index contributed by atoms with van der Waals surface area (Å²) in [7, 11) is 3.53. The number of fused-ring (bicyclic) bond motifs is 1. The average molecular weight is 344 g/mol. The van der Waals surface area contributed by atoms with Crippen LogP contribution in [-0.4, -0.2) is 22.6 Å². The van der Waals surface area contributed by atoms with E-state index in [-0.39, 0.29) is 12.3 Å². The number of nitrogens with zero attached hydrogens (tertiary/aromatic N) is 2. The second-order valence-electron chi connectivity index (χ2n) is 5.61. The van der Waals surface area contributed by atoms with Crippen LogP contribution in [-0.2, 0) is 18.3 Å². The average Bonchev–Trinajstić information content (AvgIpc) is 2.81. The maximum atomic E-state index is 12.3. The van der Waals surface area contributed by atoms with E-state index >= 15 is 0 Å². The summed E-state index contributed by atoms with van der Waals surface area (Å²) in [6.45, 7) is 1.96. The Bertz CT molecular complexity index is 918. The third-order valence-corrected chi connectivity index (χ3v) is 4.20. The molecule has 24 heavy (non-hydrogen) atoms. The highest BCUT2D eigenvalue weighted by Gasteiger charge is 2.11. The van der Waals surface area contributed by atoms with Crippen molar-refractivity contribution in [2.24, 2.45) is 7.05 Å². The highest BCUT2D eigenvalue weighted by Crippen LogP contribution is 2.27. The largest absolute Gasteiger partial charge is 0.495 e. The molecule has 0 atom stereocenters. The Hall–Kier alpha value is -2.53. The zero-order chi connectivity index (χ0) is 17.3. The lowest BCUT2D eigenvalue weighted by Crippen LogP contribution is -2.15. The minimum absolute atomic E-state index is 0.137. The Morgan fingerprint density at radius 3 is 2.83 bits per heavy atom. The molecule has 0 saturated heterocycles. The summed E-state index contributed by atoms with van der Waals surface area (Å²) < 4.78 is 7.26. The number of amides is 1. The van der Waals surface area contributed by atoms with Crippen LogP contribution >= 0.6 is 11.6 Å². The van der Waals surface area contributed by atoms with E-state index in [4.69, 9.17) is 16.3 Å². The summed E-state index contributed by atoms with van der Waals surface area (Å²) in [6, 6.07) is 11.0. The van der Waals surface area contributed by atoms with Gasteiger partial charge in [0.1, 0.15) is 11.6 Å². The first-order chi connectivity index (χ1) is 11.5. The molecule has 0 radical (unpaired) electrons. The van der Waals surface area contributed by atoms with Crippen molar-refractivity contribution < 1.29 is 9.53 Å². The van der Waals surface area contributed by atoms with E-state index < -0.39 is 0 Å². The molecule has 5 nitrogen and oxygen atoms in total. The van der Waals surface area contributed by atoms with Crippen LogP contribution in [0.3, 0.4) is 0 Å². The van der Waals surface area contributed by atoms with Crippen LogP contribution in [0.4, 0.5) is 5.69 Å². The first kappa shape index (κ1) is 16.3. The van der Waals surface area contributed by atoms with E-state index in [0.717, 1.165) is 22.4 Å². The van der Waals surface area contributed by atoms with E-state index in [9.17, 15) is 4.79 Å². The molecule has 124 valence electrons. The third kappa shape index (κ3) is 3.21. The summed E-state index contributed by atoms with van der Waals surface area (Å²) in [5, 5.41) is 3.38. The Balaban J connectivity index is 1.79. The lowest BCUT2D eigenvalue weighted by molar-refractivity contribution is -0.115. The molecular weight excluding hydrogens is 326 g/mol. The van der Waals surface area contributed by atoms with Crippen molar-refractivity contribution in [2.75, 3.05) is 12.4 Å². The number of aromatic nitrogens is 2. The van der Waals surface area contributed by atoms with Gasteiger partial charge < -0.3 is 14.6 Å². The lowest BCUT2D eigenvalue weighted by Gasteiger charge is -2.10. The van der Waals surface area contributed by atoms with Gasteiger partial charge in [-0.3, -0.25) is 4.79 Å². The molecule has 0 spiro atoms. The van der Waals surface area contributed by atoms with Crippen molar-refractivity contribution in [2.45, 2.75) is 13.3 Å². The molecule has 0 unspecified atom stereocenters. The predicted molar refractivity (Wildman–Crippen MR) is 95.8 cm³/mol. The van der Waals surface area contributed by atoms with E-state index in [0.29, 0.717) is 16.5 Å². The molecule has 0 aliphatic carbocycles. The SMILES string of the molecule is COc1ccc(Cl)cc1NC(=O)Cc1ccc2c(c1)nc(C)n2C. The topological polar surface area (TPSA) is 56.1 Å². The molecule has 0 aliphatic heterocycles. The van der Waals surface area contributed by atoms with Gasteiger partial charge >= 0.3 is 0 Å². The number of imidazole rings is 1. The summed E-state index contributed by atoms with van der Waals surface area (Å²) in [6.07, 6.45) is 0.251. The van der Waals surface area contributed by atoms with E-state index in [2.05, 4.69) is 10.3 Å². The molecule has 1 amide bonds. The molecule has 1 N–H and O–H groups in total. The number of ether oxygens (including phenoxy) is 1. The fourth-order valence-electron chi connectivity index (χ4n) is 2.63. The van der Waals surface area contributed by atoms with Gasteiger partial charge in [0.2, 0.25) is 5.91 Å². The van der Waals surface area contributed by atoms with Gasteiger partial charge in [-0.25, -0.2) is 4.98 Å². The summed E-state index contributed by atoms with van der Waals surface area (Å²) in [5.41, 5.74) is 3.40. The molecule has 3 aromatic rings. The smallest absolute Gasteiger partial charge is 0.228 e. The summed E-state index contributed by atoms with van der Waals surface area (Å²) >= 11 is 5.98. The van der Waals surface area contributed by atoms with Crippen LogP contribution < -0.4 is 10.1 Å². The lowest BCUT2D eigenvalue weighted by atomic mass is 10.1. The number of methoxy groups -OCH3 is 1. The maximum absolute atomic E-state index is 12.3. The minimum atomic E-state index is -0.137. The van der Waals surface area contributed by atoms with Crippen LogP contribution in [0, 0.1) is 6.92 Å². The highest BCUT2D eigenvalue weighted by molar-refractivity contribution is 6.31. The number of hydrogen-bond acceptors (Lipinski definition) is 3. The first-order valence-electron chi connectivity index (χ1n) is 7.53. The monoisotopic (exact) mass is 343 g/mol. The second kappa shape index (κ2) is 6.53. The standard InChI is InChI=1S/C18H18ClN3O2/c1-11-20-14-8-12(4-6-16(14)22(11)2)9-18(23)21-15-10-13(19)5-7-17(15)24-3/h4-8,10H,9H2,1-3H3,(H,21,23). The van der Waals surface area contributed by atoms with E-state index in [1.54, 1.807) is 25.3 Å². The minimum Gasteiger partial charge on any atom is -0.495 e.